The molecule has 1 heteroatoms. The lowest BCUT2D eigenvalue weighted by atomic mass is 10.1. The number of benzene rings is 3. The minimum atomic E-state index is 0.990. The van der Waals surface area contributed by atoms with Crippen LogP contribution in [-0.4, -0.2) is 6.21 Å². The molecule has 0 aromatic heterocycles. The van der Waals surface area contributed by atoms with E-state index < -0.39 is 0 Å². The van der Waals surface area contributed by atoms with Crippen molar-refractivity contribution in [1.82, 2.24) is 0 Å². The highest BCUT2D eigenvalue weighted by Crippen LogP contribution is 2.21. The van der Waals surface area contributed by atoms with Crippen LogP contribution in [0.15, 0.2) is 65.7 Å². The summed E-state index contributed by atoms with van der Waals surface area (Å²) in [6.07, 6.45) is 1.94. The van der Waals surface area contributed by atoms with Crippen LogP contribution in [0.25, 0.3) is 10.8 Å². The van der Waals surface area contributed by atoms with E-state index in [4.69, 9.17) is 0 Å². The van der Waals surface area contributed by atoms with Gasteiger partial charge in [-0.2, -0.15) is 0 Å². The number of hydrogen-bond donors (Lipinski definition) is 0. The number of fused-ring (bicyclic) bond motifs is 1. The lowest BCUT2D eigenvalue weighted by Crippen LogP contribution is -1.87. The van der Waals surface area contributed by atoms with Gasteiger partial charge in [0.25, 0.3) is 0 Å². The molecule has 0 amide bonds. The van der Waals surface area contributed by atoms with Crippen molar-refractivity contribution < 1.29 is 0 Å². The molecule has 0 aliphatic heterocycles. The summed E-state index contributed by atoms with van der Waals surface area (Å²) in [4.78, 5) is 4.59. The first-order chi connectivity index (χ1) is 9.72. The van der Waals surface area contributed by atoms with Crippen LogP contribution in [0.1, 0.15) is 16.7 Å². The molecule has 20 heavy (non-hydrogen) atoms. The molecule has 0 spiro atoms. The van der Waals surface area contributed by atoms with Gasteiger partial charge in [-0.15, -0.1) is 0 Å². The van der Waals surface area contributed by atoms with Crippen molar-refractivity contribution in [3.8, 4) is 0 Å². The van der Waals surface area contributed by atoms with Gasteiger partial charge in [0.05, 0.1) is 5.69 Å². The van der Waals surface area contributed by atoms with E-state index in [-0.39, 0.29) is 0 Å². The molecule has 0 unspecified atom stereocenters. The highest BCUT2D eigenvalue weighted by atomic mass is 14.7. The summed E-state index contributed by atoms with van der Waals surface area (Å²) in [7, 11) is 0. The van der Waals surface area contributed by atoms with Gasteiger partial charge in [0.2, 0.25) is 0 Å². The Balaban J connectivity index is 1.93. The van der Waals surface area contributed by atoms with E-state index >= 15 is 0 Å². The third-order valence-electron chi connectivity index (χ3n) is 3.51. The first-order valence-electron chi connectivity index (χ1n) is 6.82. The van der Waals surface area contributed by atoms with Crippen molar-refractivity contribution in [3.05, 3.63) is 77.4 Å². The van der Waals surface area contributed by atoms with Crippen molar-refractivity contribution in [2.75, 3.05) is 0 Å². The van der Waals surface area contributed by atoms with E-state index in [1.807, 2.05) is 6.21 Å². The van der Waals surface area contributed by atoms with E-state index in [2.05, 4.69) is 79.5 Å². The molecule has 98 valence electrons. The number of rotatable bonds is 2. The summed E-state index contributed by atoms with van der Waals surface area (Å²) < 4.78 is 0. The molecule has 0 radical (unpaired) electrons. The Labute approximate surface area is 119 Å². The summed E-state index contributed by atoms with van der Waals surface area (Å²) in [5.41, 5.74) is 4.70. The van der Waals surface area contributed by atoms with Crippen molar-refractivity contribution in [2.45, 2.75) is 13.8 Å². The van der Waals surface area contributed by atoms with Gasteiger partial charge in [0.1, 0.15) is 0 Å². The molecule has 0 N–H and O–H groups in total. The Morgan fingerprint density at radius 3 is 2.40 bits per heavy atom. The number of nitrogens with zero attached hydrogens (tertiary/aromatic N) is 1. The first kappa shape index (κ1) is 12.6. The minimum absolute atomic E-state index is 0.990. The van der Waals surface area contributed by atoms with Crippen LogP contribution >= 0.6 is 0 Å². The van der Waals surface area contributed by atoms with Crippen molar-refractivity contribution in [3.63, 3.8) is 0 Å². The van der Waals surface area contributed by atoms with Crippen LogP contribution in [0.2, 0.25) is 0 Å². The largest absolute Gasteiger partial charge is 0.256 e. The SMILES string of the molecule is Cc1ccc(C=Nc2ccc3ccccc3c2)c(C)c1. The first-order valence-corrected chi connectivity index (χ1v) is 6.82. The highest BCUT2D eigenvalue weighted by Gasteiger charge is 1.96. The monoisotopic (exact) mass is 259 g/mol. The second kappa shape index (κ2) is 5.30. The average molecular weight is 259 g/mol. The minimum Gasteiger partial charge on any atom is -0.256 e. The standard InChI is InChI=1S/C19H17N/c1-14-7-8-18(15(2)11-14)13-20-19-10-9-16-5-3-4-6-17(16)12-19/h3-13H,1-2H3. The van der Waals surface area contributed by atoms with Gasteiger partial charge in [0.15, 0.2) is 0 Å². The normalized spacial score (nSPS) is 11.3. The molecule has 0 fully saturated rings. The summed E-state index contributed by atoms with van der Waals surface area (Å²) in [6, 6.07) is 21.1. The summed E-state index contributed by atoms with van der Waals surface area (Å²) >= 11 is 0. The lowest BCUT2D eigenvalue weighted by molar-refractivity contribution is 1.37. The molecular formula is C19H17N. The molecule has 0 saturated carbocycles. The zero-order valence-corrected chi connectivity index (χ0v) is 11.8. The Hall–Kier alpha value is -2.41. The van der Waals surface area contributed by atoms with E-state index in [1.54, 1.807) is 0 Å². The van der Waals surface area contributed by atoms with Crippen LogP contribution in [-0.2, 0) is 0 Å². The zero-order valence-electron chi connectivity index (χ0n) is 11.8. The Bertz CT molecular complexity index is 785. The number of aryl methyl sites for hydroxylation is 2. The van der Waals surface area contributed by atoms with Gasteiger partial charge in [-0.25, -0.2) is 0 Å². The number of aliphatic imine (C=N–C) groups is 1. The maximum absolute atomic E-state index is 4.59. The van der Waals surface area contributed by atoms with Gasteiger partial charge >= 0.3 is 0 Å². The number of hydrogen-bond acceptors (Lipinski definition) is 1. The fourth-order valence-electron chi connectivity index (χ4n) is 2.37. The third-order valence-corrected chi connectivity index (χ3v) is 3.51. The molecule has 0 heterocycles. The van der Waals surface area contributed by atoms with Crippen LogP contribution in [0.4, 0.5) is 5.69 Å². The third kappa shape index (κ3) is 2.62. The van der Waals surface area contributed by atoms with Crippen LogP contribution < -0.4 is 0 Å². The van der Waals surface area contributed by atoms with Gasteiger partial charge in [0, 0.05) is 6.21 Å². The molecular weight excluding hydrogens is 242 g/mol. The fraction of sp³-hybridized carbons (Fsp3) is 0.105. The van der Waals surface area contributed by atoms with Gasteiger partial charge in [-0.3, -0.25) is 4.99 Å². The molecule has 0 atom stereocenters. The molecule has 0 bridgehead atoms. The average Bonchev–Trinajstić information content (AvgIpc) is 2.46. The smallest absolute Gasteiger partial charge is 0.0636 e. The van der Waals surface area contributed by atoms with Gasteiger partial charge in [-0.05, 0) is 47.9 Å². The Morgan fingerprint density at radius 1 is 0.800 bits per heavy atom. The Morgan fingerprint density at radius 2 is 1.60 bits per heavy atom. The molecule has 3 aromatic rings. The summed E-state index contributed by atoms with van der Waals surface area (Å²) in [5.74, 6) is 0. The highest BCUT2D eigenvalue weighted by molar-refractivity contribution is 5.88. The molecule has 3 aromatic carbocycles. The van der Waals surface area contributed by atoms with Gasteiger partial charge in [-0.1, -0.05) is 54.1 Å². The maximum atomic E-state index is 4.59. The van der Waals surface area contributed by atoms with E-state index in [0.29, 0.717) is 0 Å². The second-order valence-electron chi connectivity index (χ2n) is 5.15. The van der Waals surface area contributed by atoms with Crippen LogP contribution in [0.3, 0.4) is 0 Å². The molecule has 1 nitrogen and oxygen atoms in total. The van der Waals surface area contributed by atoms with Crippen LogP contribution in [0.5, 0.6) is 0 Å². The predicted octanol–water partition coefficient (Wildman–Crippen LogP) is 5.21. The molecule has 0 aliphatic rings. The molecule has 0 aliphatic carbocycles. The topological polar surface area (TPSA) is 12.4 Å². The van der Waals surface area contributed by atoms with Crippen molar-refractivity contribution >= 4 is 22.7 Å². The lowest BCUT2D eigenvalue weighted by Gasteiger charge is -2.02. The second-order valence-corrected chi connectivity index (χ2v) is 5.15. The zero-order chi connectivity index (χ0) is 13.9. The maximum Gasteiger partial charge on any atom is 0.0636 e. The summed E-state index contributed by atoms with van der Waals surface area (Å²) in [6.45, 7) is 4.23. The summed E-state index contributed by atoms with van der Waals surface area (Å²) in [5, 5.41) is 2.47. The van der Waals surface area contributed by atoms with Gasteiger partial charge < -0.3 is 0 Å². The fourth-order valence-corrected chi connectivity index (χ4v) is 2.37. The predicted molar refractivity (Wildman–Crippen MR) is 87.1 cm³/mol. The van der Waals surface area contributed by atoms with E-state index in [0.717, 1.165) is 5.69 Å². The quantitative estimate of drug-likeness (QED) is 0.560. The van der Waals surface area contributed by atoms with Crippen molar-refractivity contribution in [2.24, 2.45) is 4.99 Å². The van der Waals surface area contributed by atoms with Crippen LogP contribution in [0, 0.1) is 13.8 Å². The Kier molecular flexibility index (Phi) is 3.34. The van der Waals surface area contributed by atoms with E-state index in [9.17, 15) is 0 Å². The molecule has 0 saturated heterocycles. The van der Waals surface area contributed by atoms with E-state index in [1.165, 1.54) is 27.5 Å². The molecule has 3 rings (SSSR count). The van der Waals surface area contributed by atoms with Crippen molar-refractivity contribution in [1.29, 1.82) is 0 Å².